The largest absolute Gasteiger partial charge is 0.383 e. The van der Waals surface area contributed by atoms with Crippen LogP contribution in [0.25, 0.3) is 0 Å². The predicted octanol–water partition coefficient (Wildman–Crippen LogP) is 2.58. The highest BCUT2D eigenvalue weighted by Gasteiger charge is 2.29. The van der Waals surface area contributed by atoms with Crippen LogP contribution in [0, 0.1) is 0 Å². The molecule has 1 aromatic carbocycles. The fourth-order valence-corrected chi connectivity index (χ4v) is 1.57. The first-order valence-electron chi connectivity index (χ1n) is 4.91. The summed E-state index contributed by atoms with van der Waals surface area (Å²) in [7, 11) is -3.08. The maximum absolute atomic E-state index is 11.5. The molecule has 0 saturated carbocycles. The molecule has 0 atom stereocenters. The number of hydrogen-bond donors (Lipinski definition) is 1. The third kappa shape index (κ3) is 3.39. The summed E-state index contributed by atoms with van der Waals surface area (Å²) < 4.78 is 22.2. The fourth-order valence-electron chi connectivity index (χ4n) is 1.04. The second kappa shape index (κ2) is 4.63. The maximum atomic E-state index is 11.5. The normalized spacial score (nSPS) is 12.5. The lowest BCUT2D eigenvalue weighted by atomic mass is 10.2. The van der Waals surface area contributed by atoms with Crippen LogP contribution >= 0.6 is 11.6 Å². The monoisotopic (exact) mass is 261 g/mol. The van der Waals surface area contributed by atoms with E-state index in [9.17, 15) is 8.42 Å². The molecule has 3 nitrogen and oxygen atoms in total. The van der Waals surface area contributed by atoms with E-state index >= 15 is 0 Å². The number of nitrogens with one attached hydrogen (secondary N) is 1. The molecule has 5 heteroatoms. The average molecular weight is 262 g/mol. The molecule has 0 unspecified atom stereocenters. The smallest absolute Gasteiger partial charge is 0.154 e. The molecule has 1 aromatic rings. The number of sulfone groups is 1. The molecule has 16 heavy (non-hydrogen) atoms. The summed E-state index contributed by atoms with van der Waals surface area (Å²) in [4.78, 5) is 0. The van der Waals surface area contributed by atoms with E-state index < -0.39 is 14.6 Å². The molecule has 90 valence electrons. The first-order chi connectivity index (χ1) is 7.22. The molecule has 0 aromatic heterocycles. The lowest BCUT2D eigenvalue weighted by Crippen LogP contribution is -2.38. The second-order valence-corrected chi connectivity index (χ2v) is 7.48. The van der Waals surface area contributed by atoms with Gasteiger partial charge in [0.2, 0.25) is 0 Å². The zero-order valence-corrected chi connectivity index (χ0v) is 11.2. The van der Waals surface area contributed by atoms with E-state index in [1.165, 1.54) is 6.26 Å². The second-order valence-electron chi connectivity index (χ2n) is 4.40. The molecule has 0 amide bonds. The van der Waals surface area contributed by atoms with Crippen molar-refractivity contribution in [1.82, 2.24) is 0 Å². The van der Waals surface area contributed by atoms with Gasteiger partial charge in [-0.3, -0.25) is 0 Å². The van der Waals surface area contributed by atoms with E-state index in [0.29, 0.717) is 11.6 Å². The lowest BCUT2D eigenvalue weighted by molar-refractivity contribution is 0.560. The van der Waals surface area contributed by atoms with Gasteiger partial charge >= 0.3 is 0 Å². The van der Waals surface area contributed by atoms with Gasteiger partial charge in [0.1, 0.15) is 0 Å². The van der Waals surface area contributed by atoms with Crippen molar-refractivity contribution < 1.29 is 8.42 Å². The summed E-state index contributed by atoms with van der Waals surface area (Å²) in [6.45, 7) is 3.74. The first-order valence-corrected chi connectivity index (χ1v) is 7.18. The summed E-state index contributed by atoms with van der Waals surface area (Å²) in [5.41, 5.74) is 0.823. The van der Waals surface area contributed by atoms with Crippen molar-refractivity contribution in [2.75, 3.05) is 18.1 Å². The Bertz CT molecular complexity index is 469. The van der Waals surface area contributed by atoms with Crippen molar-refractivity contribution in [2.45, 2.75) is 18.6 Å². The SMILES string of the molecule is CC(C)(CNc1cccc(Cl)c1)S(C)(=O)=O. The number of anilines is 1. The standard InChI is InChI=1S/C11H16ClNO2S/c1-11(2,16(3,14)15)8-13-10-6-4-5-9(12)7-10/h4-7,13H,8H2,1-3H3. The predicted molar refractivity (Wildman–Crippen MR) is 68.9 cm³/mol. The third-order valence-corrected chi connectivity index (χ3v) is 4.93. The molecule has 0 aliphatic rings. The van der Waals surface area contributed by atoms with Crippen molar-refractivity contribution >= 4 is 27.1 Å². The number of hydrogen-bond acceptors (Lipinski definition) is 3. The van der Waals surface area contributed by atoms with Crippen molar-refractivity contribution in [3.63, 3.8) is 0 Å². The Morgan fingerprint density at radius 2 is 2.00 bits per heavy atom. The van der Waals surface area contributed by atoms with Gasteiger partial charge in [0.25, 0.3) is 0 Å². The van der Waals surface area contributed by atoms with E-state index in [0.717, 1.165) is 5.69 Å². The van der Waals surface area contributed by atoms with Crippen LogP contribution in [-0.4, -0.2) is 26.0 Å². The molecule has 1 rings (SSSR count). The maximum Gasteiger partial charge on any atom is 0.154 e. The van der Waals surface area contributed by atoms with Crippen molar-refractivity contribution in [3.05, 3.63) is 29.3 Å². The van der Waals surface area contributed by atoms with E-state index in [4.69, 9.17) is 11.6 Å². The Labute approximate surface area is 102 Å². The van der Waals surface area contributed by atoms with Gasteiger partial charge in [-0.25, -0.2) is 8.42 Å². The van der Waals surface area contributed by atoms with Crippen LogP contribution < -0.4 is 5.32 Å². The van der Waals surface area contributed by atoms with Gasteiger partial charge in [-0.15, -0.1) is 0 Å². The Morgan fingerprint density at radius 3 is 2.50 bits per heavy atom. The molecule has 0 heterocycles. The number of rotatable bonds is 4. The Kier molecular flexibility index (Phi) is 3.86. The molecule has 0 saturated heterocycles. The summed E-state index contributed by atoms with van der Waals surface area (Å²) >= 11 is 5.83. The van der Waals surface area contributed by atoms with Gasteiger partial charge in [-0.2, -0.15) is 0 Å². The van der Waals surface area contributed by atoms with Gasteiger partial charge in [0.05, 0.1) is 4.75 Å². The van der Waals surface area contributed by atoms with Crippen molar-refractivity contribution in [3.8, 4) is 0 Å². The summed E-state index contributed by atoms with van der Waals surface area (Å²) in [5.74, 6) is 0. The van der Waals surface area contributed by atoms with Gasteiger partial charge in [-0.1, -0.05) is 17.7 Å². The van der Waals surface area contributed by atoms with Crippen LogP contribution in [0.1, 0.15) is 13.8 Å². The lowest BCUT2D eigenvalue weighted by Gasteiger charge is -2.23. The van der Waals surface area contributed by atoms with Crippen molar-refractivity contribution in [1.29, 1.82) is 0 Å². The molecular formula is C11H16ClNO2S. The average Bonchev–Trinajstić information content (AvgIpc) is 2.13. The van der Waals surface area contributed by atoms with E-state index in [2.05, 4.69) is 5.32 Å². The number of halogens is 1. The van der Waals surface area contributed by atoms with Gasteiger partial charge < -0.3 is 5.32 Å². The molecule has 0 aliphatic carbocycles. The highest BCUT2D eigenvalue weighted by molar-refractivity contribution is 7.92. The zero-order valence-electron chi connectivity index (χ0n) is 9.62. The van der Waals surface area contributed by atoms with Crippen LogP contribution in [0.2, 0.25) is 5.02 Å². The molecule has 1 N–H and O–H groups in total. The Hall–Kier alpha value is -0.740. The Morgan fingerprint density at radius 1 is 1.38 bits per heavy atom. The van der Waals surface area contributed by atoms with Crippen LogP contribution in [0.5, 0.6) is 0 Å². The molecule has 0 aliphatic heterocycles. The van der Waals surface area contributed by atoms with Gasteiger partial charge in [0.15, 0.2) is 9.84 Å². The quantitative estimate of drug-likeness (QED) is 0.906. The fraction of sp³-hybridized carbons (Fsp3) is 0.455. The molecular weight excluding hydrogens is 246 g/mol. The summed E-state index contributed by atoms with van der Waals surface area (Å²) in [6.07, 6.45) is 1.24. The highest BCUT2D eigenvalue weighted by Crippen LogP contribution is 2.19. The summed E-state index contributed by atoms with van der Waals surface area (Å²) in [6, 6.07) is 7.21. The molecule has 0 bridgehead atoms. The topological polar surface area (TPSA) is 46.2 Å². The van der Waals surface area contributed by atoms with Crippen molar-refractivity contribution in [2.24, 2.45) is 0 Å². The number of benzene rings is 1. The Balaban J connectivity index is 2.72. The van der Waals surface area contributed by atoms with E-state index in [1.54, 1.807) is 26.0 Å². The van der Waals surface area contributed by atoms with E-state index in [-0.39, 0.29) is 0 Å². The first kappa shape index (κ1) is 13.3. The molecule has 0 spiro atoms. The third-order valence-electron chi connectivity index (χ3n) is 2.55. The highest BCUT2D eigenvalue weighted by atomic mass is 35.5. The van der Waals surface area contributed by atoms with Gasteiger partial charge in [0, 0.05) is 23.5 Å². The minimum Gasteiger partial charge on any atom is -0.383 e. The minimum atomic E-state index is -3.08. The summed E-state index contributed by atoms with van der Waals surface area (Å²) in [5, 5.41) is 3.70. The van der Waals surface area contributed by atoms with Crippen LogP contribution in [0.3, 0.4) is 0 Å². The van der Waals surface area contributed by atoms with Crippen LogP contribution in [0.15, 0.2) is 24.3 Å². The van der Waals surface area contributed by atoms with E-state index in [1.807, 2.05) is 12.1 Å². The van der Waals surface area contributed by atoms with Crippen LogP contribution in [-0.2, 0) is 9.84 Å². The zero-order chi connectivity index (χ0) is 12.4. The van der Waals surface area contributed by atoms with Gasteiger partial charge in [-0.05, 0) is 32.0 Å². The minimum absolute atomic E-state index is 0.353. The molecule has 0 radical (unpaired) electrons. The molecule has 0 fully saturated rings. The van der Waals surface area contributed by atoms with Crippen LogP contribution in [0.4, 0.5) is 5.69 Å².